The Kier molecular flexibility index (Phi) is 3.85. The Morgan fingerprint density at radius 2 is 2.05 bits per heavy atom. The molecule has 0 aromatic heterocycles. The largest absolute Gasteiger partial charge is 0.307 e. The molecule has 1 aromatic rings. The van der Waals surface area contributed by atoms with Crippen LogP contribution in [0.4, 0.5) is 0 Å². The Balaban J connectivity index is 1.82. The zero-order valence-electron chi connectivity index (χ0n) is 12.9. The summed E-state index contributed by atoms with van der Waals surface area (Å²) in [4.78, 5) is 0. The smallest absolute Gasteiger partial charge is 0.0409 e. The number of rotatable bonds is 2. The third kappa shape index (κ3) is 2.76. The Morgan fingerprint density at radius 3 is 2.80 bits per heavy atom. The summed E-state index contributed by atoms with van der Waals surface area (Å²) in [7, 11) is 0. The molecule has 0 bridgehead atoms. The van der Waals surface area contributed by atoms with Crippen LogP contribution < -0.4 is 5.32 Å². The highest BCUT2D eigenvalue weighted by molar-refractivity contribution is 6.30. The van der Waals surface area contributed by atoms with E-state index in [9.17, 15) is 0 Å². The van der Waals surface area contributed by atoms with E-state index in [0.717, 1.165) is 17.4 Å². The zero-order chi connectivity index (χ0) is 14.3. The number of hydrogen-bond acceptors (Lipinski definition) is 1. The van der Waals surface area contributed by atoms with Crippen LogP contribution in [0.5, 0.6) is 0 Å². The number of halogens is 1. The van der Waals surface area contributed by atoms with Gasteiger partial charge < -0.3 is 5.32 Å². The zero-order valence-corrected chi connectivity index (χ0v) is 13.6. The molecule has 1 nitrogen and oxygen atoms in total. The molecule has 2 heteroatoms. The van der Waals surface area contributed by atoms with E-state index in [-0.39, 0.29) is 5.41 Å². The van der Waals surface area contributed by atoms with Gasteiger partial charge in [-0.1, -0.05) is 51.3 Å². The van der Waals surface area contributed by atoms with Gasteiger partial charge in [0.2, 0.25) is 0 Å². The average Bonchev–Trinajstić information content (AvgIpc) is 2.61. The molecule has 3 unspecified atom stereocenters. The van der Waals surface area contributed by atoms with Crippen molar-refractivity contribution in [3.63, 3.8) is 0 Å². The molecule has 2 aliphatic carbocycles. The van der Waals surface area contributed by atoms with Crippen molar-refractivity contribution in [3.05, 3.63) is 34.3 Å². The highest BCUT2D eigenvalue weighted by Gasteiger charge is 2.40. The van der Waals surface area contributed by atoms with E-state index in [2.05, 4.69) is 38.2 Å². The Bertz CT molecular complexity index is 494. The topological polar surface area (TPSA) is 12.0 Å². The minimum Gasteiger partial charge on any atom is -0.307 e. The van der Waals surface area contributed by atoms with Crippen LogP contribution in [0, 0.1) is 11.3 Å². The highest BCUT2D eigenvalue weighted by Crippen LogP contribution is 2.46. The minimum absolute atomic E-state index is 0.285. The van der Waals surface area contributed by atoms with Crippen LogP contribution in [-0.2, 0) is 6.42 Å². The quantitative estimate of drug-likeness (QED) is 0.796. The molecule has 1 fully saturated rings. The third-order valence-corrected chi connectivity index (χ3v) is 5.42. The summed E-state index contributed by atoms with van der Waals surface area (Å²) in [6.45, 7) is 7.15. The van der Waals surface area contributed by atoms with Crippen molar-refractivity contribution >= 4 is 11.6 Å². The first-order valence-electron chi connectivity index (χ1n) is 8.00. The fraction of sp³-hybridized carbons (Fsp3) is 0.667. The molecule has 110 valence electrons. The number of benzene rings is 1. The molecule has 3 atom stereocenters. The van der Waals surface area contributed by atoms with E-state index in [4.69, 9.17) is 11.6 Å². The maximum atomic E-state index is 6.22. The van der Waals surface area contributed by atoms with Crippen molar-refractivity contribution in [2.45, 2.75) is 65.0 Å². The van der Waals surface area contributed by atoms with Gasteiger partial charge in [-0.2, -0.15) is 0 Å². The third-order valence-electron chi connectivity index (χ3n) is 5.19. The standard InChI is InChI=1S/C18H26ClN/c1-12-5-4-6-15(9-12)20-17-16-10-14(19)8-7-13(16)11-18(17,2)3/h7-8,10,12,15,17,20H,4-6,9,11H2,1-3H3. The Labute approximate surface area is 128 Å². The van der Waals surface area contributed by atoms with Gasteiger partial charge in [-0.25, -0.2) is 0 Å². The highest BCUT2D eigenvalue weighted by atomic mass is 35.5. The van der Waals surface area contributed by atoms with Crippen LogP contribution in [0.2, 0.25) is 5.02 Å². The van der Waals surface area contributed by atoms with Gasteiger partial charge in [0.05, 0.1) is 0 Å². The SMILES string of the molecule is CC1CCCC(NC2c3cc(Cl)ccc3CC2(C)C)C1. The lowest BCUT2D eigenvalue weighted by molar-refractivity contribution is 0.208. The number of hydrogen-bond donors (Lipinski definition) is 1. The lowest BCUT2D eigenvalue weighted by Crippen LogP contribution is -2.40. The van der Waals surface area contributed by atoms with E-state index in [0.29, 0.717) is 12.1 Å². The van der Waals surface area contributed by atoms with E-state index < -0.39 is 0 Å². The molecular formula is C18H26ClN. The van der Waals surface area contributed by atoms with Crippen molar-refractivity contribution < 1.29 is 0 Å². The molecule has 0 amide bonds. The lowest BCUT2D eigenvalue weighted by Gasteiger charge is -2.36. The van der Waals surface area contributed by atoms with E-state index in [1.807, 2.05) is 6.07 Å². The van der Waals surface area contributed by atoms with E-state index >= 15 is 0 Å². The van der Waals surface area contributed by atoms with Gasteiger partial charge in [0, 0.05) is 17.1 Å². The molecule has 0 aliphatic heterocycles. The first-order valence-corrected chi connectivity index (χ1v) is 8.38. The molecule has 20 heavy (non-hydrogen) atoms. The molecule has 0 spiro atoms. The number of nitrogens with one attached hydrogen (secondary N) is 1. The number of fused-ring (bicyclic) bond motifs is 1. The summed E-state index contributed by atoms with van der Waals surface area (Å²) in [6, 6.07) is 7.54. The molecule has 0 saturated heterocycles. The second-order valence-corrected chi connectivity index (χ2v) is 8.01. The molecule has 3 rings (SSSR count). The Morgan fingerprint density at radius 1 is 1.25 bits per heavy atom. The Hall–Kier alpha value is -0.530. The van der Waals surface area contributed by atoms with Crippen LogP contribution in [0.25, 0.3) is 0 Å². The van der Waals surface area contributed by atoms with Crippen molar-refractivity contribution in [1.82, 2.24) is 5.32 Å². The van der Waals surface area contributed by atoms with Crippen LogP contribution in [0.15, 0.2) is 18.2 Å². The summed E-state index contributed by atoms with van der Waals surface area (Å²) >= 11 is 6.22. The molecule has 1 saturated carbocycles. The van der Waals surface area contributed by atoms with E-state index in [1.165, 1.54) is 36.8 Å². The molecule has 1 aromatic carbocycles. The van der Waals surface area contributed by atoms with Crippen molar-refractivity contribution in [1.29, 1.82) is 0 Å². The van der Waals surface area contributed by atoms with Gasteiger partial charge in [0.15, 0.2) is 0 Å². The summed E-state index contributed by atoms with van der Waals surface area (Å²) < 4.78 is 0. The minimum atomic E-state index is 0.285. The first-order chi connectivity index (χ1) is 9.45. The van der Waals surface area contributed by atoms with Gasteiger partial charge in [0.25, 0.3) is 0 Å². The molecule has 2 aliphatic rings. The van der Waals surface area contributed by atoms with Crippen LogP contribution in [0.3, 0.4) is 0 Å². The normalized spacial score (nSPS) is 32.1. The van der Waals surface area contributed by atoms with Gasteiger partial charge in [-0.15, -0.1) is 0 Å². The van der Waals surface area contributed by atoms with Gasteiger partial charge >= 0.3 is 0 Å². The van der Waals surface area contributed by atoms with Crippen molar-refractivity contribution in [2.75, 3.05) is 0 Å². The molecular weight excluding hydrogens is 266 g/mol. The van der Waals surface area contributed by atoms with Crippen LogP contribution >= 0.6 is 11.6 Å². The summed E-state index contributed by atoms with van der Waals surface area (Å²) in [5.41, 5.74) is 3.19. The predicted molar refractivity (Wildman–Crippen MR) is 86.2 cm³/mol. The van der Waals surface area contributed by atoms with Crippen LogP contribution in [0.1, 0.15) is 63.6 Å². The second kappa shape index (κ2) is 5.35. The van der Waals surface area contributed by atoms with Crippen molar-refractivity contribution in [2.24, 2.45) is 11.3 Å². The maximum Gasteiger partial charge on any atom is 0.0409 e. The second-order valence-electron chi connectivity index (χ2n) is 7.58. The fourth-order valence-corrected chi connectivity index (χ4v) is 4.33. The van der Waals surface area contributed by atoms with E-state index in [1.54, 1.807) is 0 Å². The molecule has 0 heterocycles. The first kappa shape index (κ1) is 14.4. The summed E-state index contributed by atoms with van der Waals surface area (Å²) in [5.74, 6) is 0.865. The molecule has 1 N–H and O–H groups in total. The maximum absolute atomic E-state index is 6.22. The van der Waals surface area contributed by atoms with Crippen LogP contribution in [-0.4, -0.2) is 6.04 Å². The van der Waals surface area contributed by atoms with Crippen molar-refractivity contribution in [3.8, 4) is 0 Å². The monoisotopic (exact) mass is 291 g/mol. The summed E-state index contributed by atoms with van der Waals surface area (Å²) in [5, 5.41) is 4.83. The van der Waals surface area contributed by atoms with Gasteiger partial charge in [-0.05, 0) is 53.9 Å². The predicted octanol–water partition coefficient (Wildman–Crippen LogP) is 5.13. The molecule has 0 radical (unpaired) electrons. The average molecular weight is 292 g/mol. The van der Waals surface area contributed by atoms with Gasteiger partial charge in [-0.3, -0.25) is 0 Å². The lowest BCUT2D eigenvalue weighted by atomic mass is 9.82. The van der Waals surface area contributed by atoms with Gasteiger partial charge in [0.1, 0.15) is 0 Å². The fourth-order valence-electron chi connectivity index (χ4n) is 4.15. The summed E-state index contributed by atoms with van der Waals surface area (Å²) in [6.07, 6.45) is 6.57.